The molecule has 2 atom stereocenters. The first-order chi connectivity index (χ1) is 9.72. The average molecular weight is 323 g/mol. The van der Waals surface area contributed by atoms with Crippen LogP contribution in [-0.2, 0) is 29.2 Å². The Labute approximate surface area is 124 Å². The van der Waals surface area contributed by atoms with Crippen LogP contribution in [0.25, 0.3) is 0 Å². The van der Waals surface area contributed by atoms with Crippen LogP contribution in [0.3, 0.4) is 0 Å². The van der Waals surface area contributed by atoms with E-state index in [0.717, 1.165) is 6.42 Å². The number of esters is 2. The molecule has 3 N–H and O–H groups in total. The van der Waals surface area contributed by atoms with E-state index in [9.17, 15) is 18.0 Å². The standard InChI is InChI=1S/C12H21NO7S/c1-3-5-6-10(13)20-12(15)9(21(16,17)18)8-11(14)19-7-4-2/h4,9-10H,2-3,5-8,13H2,1H3,(H,16,17,18). The van der Waals surface area contributed by atoms with E-state index in [1.807, 2.05) is 6.92 Å². The summed E-state index contributed by atoms with van der Waals surface area (Å²) >= 11 is 0. The number of hydrogen-bond donors (Lipinski definition) is 2. The van der Waals surface area contributed by atoms with Crippen molar-refractivity contribution in [2.24, 2.45) is 5.73 Å². The molecule has 0 aromatic rings. The molecule has 0 bridgehead atoms. The second-order valence-electron chi connectivity index (χ2n) is 4.30. The normalized spacial score (nSPS) is 14.0. The van der Waals surface area contributed by atoms with Crippen molar-refractivity contribution in [3.8, 4) is 0 Å². The van der Waals surface area contributed by atoms with E-state index in [1.54, 1.807) is 0 Å². The number of hydrogen-bond acceptors (Lipinski definition) is 7. The Bertz CT molecular complexity index is 460. The van der Waals surface area contributed by atoms with Gasteiger partial charge in [0, 0.05) is 0 Å². The van der Waals surface area contributed by atoms with Gasteiger partial charge in [-0.1, -0.05) is 26.0 Å². The number of carbonyl (C=O) groups excluding carboxylic acids is 2. The molecule has 8 nitrogen and oxygen atoms in total. The third-order valence-electron chi connectivity index (χ3n) is 2.45. The van der Waals surface area contributed by atoms with Crippen LogP contribution in [0.4, 0.5) is 0 Å². The van der Waals surface area contributed by atoms with Gasteiger partial charge in [-0.05, 0) is 12.8 Å². The van der Waals surface area contributed by atoms with Crippen molar-refractivity contribution in [3.63, 3.8) is 0 Å². The Hall–Kier alpha value is -1.45. The van der Waals surface area contributed by atoms with E-state index in [2.05, 4.69) is 11.3 Å². The molecule has 0 fully saturated rings. The number of unbranched alkanes of at least 4 members (excludes halogenated alkanes) is 1. The highest BCUT2D eigenvalue weighted by Gasteiger charge is 2.36. The average Bonchev–Trinajstić information content (AvgIpc) is 2.38. The van der Waals surface area contributed by atoms with Gasteiger partial charge >= 0.3 is 11.9 Å². The van der Waals surface area contributed by atoms with Crippen LogP contribution < -0.4 is 5.73 Å². The van der Waals surface area contributed by atoms with Crippen molar-refractivity contribution in [3.05, 3.63) is 12.7 Å². The van der Waals surface area contributed by atoms with Crippen molar-refractivity contribution >= 4 is 22.1 Å². The van der Waals surface area contributed by atoms with Crippen LogP contribution >= 0.6 is 0 Å². The molecule has 0 saturated carbocycles. The van der Waals surface area contributed by atoms with Gasteiger partial charge in [0.05, 0.1) is 6.42 Å². The summed E-state index contributed by atoms with van der Waals surface area (Å²) in [5.41, 5.74) is 5.50. The lowest BCUT2D eigenvalue weighted by Crippen LogP contribution is -2.38. The molecule has 9 heteroatoms. The van der Waals surface area contributed by atoms with Gasteiger partial charge in [-0.2, -0.15) is 8.42 Å². The molecule has 0 aromatic carbocycles. The summed E-state index contributed by atoms with van der Waals surface area (Å²) < 4.78 is 40.6. The zero-order chi connectivity index (χ0) is 16.5. The molecule has 0 aliphatic carbocycles. The maximum Gasteiger partial charge on any atom is 0.329 e. The molecule has 0 aliphatic rings. The summed E-state index contributed by atoms with van der Waals surface area (Å²) in [7, 11) is -4.81. The van der Waals surface area contributed by atoms with Gasteiger partial charge in [0.25, 0.3) is 10.1 Å². The smallest absolute Gasteiger partial charge is 0.329 e. The van der Waals surface area contributed by atoms with Gasteiger partial charge in [0.2, 0.25) is 0 Å². The summed E-state index contributed by atoms with van der Waals surface area (Å²) in [6, 6.07) is 0. The highest BCUT2D eigenvalue weighted by Crippen LogP contribution is 2.11. The second-order valence-corrected chi connectivity index (χ2v) is 5.90. The molecule has 21 heavy (non-hydrogen) atoms. The van der Waals surface area contributed by atoms with E-state index < -0.39 is 40.0 Å². The minimum Gasteiger partial charge on any atom is -0.461 e. The van der Waals surface area contributed by atoms with Gasteiger partial charge in [0.15, 0.2) is 11.5 Å². The monoisotopic (exact) mass is 323 g/mol. The number of carbonyl (C=O) groups is 2. The fraction of sp³-hybridized carbons (Fsp3) is 0.667. The fourth-order valence-corrected chi connectivity index (χ4v) is 2.01. The number of ether oxygens (including phenoxy) is 2. The van der Waals surface area contributed by atoms with Gasteiger partial charge < -0.3 is 9.47 Å². The molecule has 0 spiro atoms. The molecule has 122 valence electrons. The van der Waals surface area contributed by atoms with Gasteiger partial charge in [0.1, 0.15) is 6.61 Å². The molecule has 0 aromatic heterocycles. The summed E-state index contributed by atoms with van der Waals surface area (Å²) in [6.45, 7) is 5.08. The van der Waals surface area contributed by atoms with E-state index in [1.165, 1.54) is 6.08 Å². The van der Waals surface area contributed by atoms with Gasteiger partial charge in [-0.3, -0.25) is 19.9 Å². The Balaban J connectivity index is 4.72. The molecule has 0 heterocycles. The SMILES string of the molecule is C=CCOC(=O)CC(C(=O)OC(N)CCCC)S(=O)(=O)O. The third kappa shape index (κ3) is 8.43. The second kappa shape index (κ2) is 9.48. The predicted octanol–water partition coefficient (Wildman–Crippen LogP) is 0.380. The predicted molar refractivity (Wildman–Crippen MR) is 74.7 cm³/mol. The zero-order valence-electron chi connectivity index (χ0n) is 11.9. The summed E-state index contributed by atoms with van der Waals surface area (Å²) in [5.74, 6) is -2.26. The first-order valence-corrected chi connectivity index (χ1v) is 7.91. The highest BCUT2D eigenvalue weighted by atomic mass is 32.2. The van der Waals surface area contributed by atoms with Crippen LogP contribution in [0.15, 0.2) is 12.7 Å². The topological polar surface area (TPSA) is 133 Å². The lowest BCUT2D eigenvalue weighted by Gasteiger charge is -2.17. The van der Waals surface area contributed by atoms with Crippen LogP contribution in [0.1, 0.15) is 32.6 Å². The molecular weight excluding hydrogens is 302 g/mol. The summed E-state index contributed by atoms with van der Waals surface area (Å²) in [6.07, 6.45) is 1.28. The van der Waals surface area contributed by atoms with Crippen LogP contribution in [0.2, 0.25) is 0 Å². The largest absolute Gasteiger partial charge is 0.461 e. The molecule has 2 unspecified atom stereocenters. The Morgan fingerprint density at radius 3 is 2.52 bits per heavy atom. The van der Waals surface area contributed by atoms with E-state index >= 15 is 0 Å². The molecule has 0 saturated heterocycles. The molecular formula is C12H21NO7S. The van der Waals surface area contributed by atoms with Crippen molar-refractivity contribution in [1.82, 2.24) is 0 Å². The van der Waals surface area contributed by atoms with Crippen LogP contribution in [-0.4, -0.2) is 43.0 Å². The maximum atomic E-state index is 11.7. The third-order valence-corrected chi connectivity index (χ3v) is 3.52. The van der Waals surface area contributed by atoms with Gasteiger partial charge in [-0.15, -0.1) is 0 Å². The highest BCUT2D eigenvalue weighted by molar-refractivity contribution is 7.87. The quantitative estimate of drug-likeness (QED) is 0.255. The maximum absolute atomic E-state index is 11.7. The summed E-state index contributed by atoms with van der Waals surface area (Å²) in [5, 5.41) is -2.05. The van der Waals surface area contributed by atoms with E-state index in [-0.39, 0.29) is 6.61 Å². The zero-order valence-corrected chi connectivity index (χ0v) is 12.7. The minimum atomic E-state index is -4.81. The van der Waals surface area contributed by atoms with Gasteiger partial charge in [-0.25, -0.2) is 0 Å². The Morgan fingerprint density at radius 1 is 1.43 bits per heavy atom. The van der Waals surface area contributed by atoms with E-state index in [0.29, 0.717) is 12.8 Å². The lowest BCUT2D eigenvalue weighted by atomic mass is 10.2. The molecule has 0 rings (SSSR count). The number of rotatable bonds is 10. The van der Waals surface area contributed by atoms with Crippen molar-refractivity contribution < 1.29 is 32.0 Å². The molecule has 0 amide bonds. The Morgan fingerprint density at radius 2 is 2.05 bits per heavy atom. The van der Waals surface area contributed by atoms with Crippen molar-refractivity contribution in [1.29, 1.82) is 0 Å². The van der Waals surface area contributed by atoms with Crippen LogP contribution in [0, 0.1) is 0 Å². The Kier molecular flexibility index (Phi) is 8.83. The molecule has 0 radical (unpaired) electrons. The van der Waals surface area contributed by atoms with Crippen molar-refractivity contribution in [2.75, 3.05) is 6.61 Å². The lowest BCUT2D eigenvalue weighted by molar-refractivity contribution is -0.153. The first-order valence-electron chi connectivity index (χ1n) is 6.41. The summed E-state index contributed by atoms with van der Waals surface area (Å²) in [4.78, 5) is 23.0. The number of nitrogens with two attached hydrogens (primary N) is 1. The fourth-order valence-electron chi connectivity index (χ4n) is 1.36. The van der Waals surface area contributed by atoms with Crippen molar-refractivity contribution in [2.45, 2.75) is 44.1 Å². The minimum absolute atomic E-state index is 0.137. The first kappa shape index (κ1) is 19.6. The van der Waals surface area contributed by atoms with Crippen LogP contribution in [0.5, 0.6) is 0 Å². The molecule has 0 aliphatic heterocycles. The van der Waals surface area contributed by atoms with E-state index in [4.69, 9.17) is 15.0 Å².